The number of hydrogen-bond donors (Lipinski definition) is 1. The van der Waals surface area contributed by atoms with E-state index in [9.17, 15) is 0 Å². The molecule has 2 aromatic rings. The Kier molecular flexibility index (Phi) is 3.12. The Morgan fingerprint density at radius 3 is 2.79 bits per heavy atom. The molecule has 3 rings (SSSR count). The van der Waals surface area contributed by atoms with E-state index in [0.717, 1.165) is 23.9 Å². The van der Waals surface area contributed by atoms with Gasteiger partial charge < -0.3 is 9.64 Å². The number of aryl methyl sites for hydroxylation is 2. The number of nitrogens with zero attached hydrogens (tertiary/aromatic N) is 5. The van der Waals surface area contributed by atoms with Crippen molar-refractivity contribution in [1.29, 1.82) is 0 Å². The summed E-state index contributed by atoms with van der Waals surface area (Å²) in [4.78, 5) is 15.1. The van der Waals surface area contributed by atoms with Gasteiger partial charge in [-0.2, -0.15) is 5.10 Å². The maximum absolute atomic E-state index is 5.71. The summed E-state index contributed by atoms with van der Waals surface area (Å²) >= 11 is 0. The molecule has 1 aliphatic heterocycles. The molecule has 100 valence electrons. The Bertz CT molecular complexity index is 552. The molecule has 7 nitrogen and oxygen atoms in total. The lowest BCUT2D eigenvalue weighted by atomic mass is 10.2. The van der Waals surface area contributed by atoms with Crippen LogP contribution in [0.3, 0.4) is 0 Å². The van der Waals surface area contributed by atoms with Crippen LogP contribution in [0.5, 0.6) is 0 Å². The van der Waals surface area contributed by atoms with Gasteiger partial charge >= 0.3 is 0 Å². The number of nitrogens with one attached hydrogen (secondary N) is 1. The van der Waals surface area contributed by atoms with Gasteiger partial charge in [-0.3, -0.25) is 5.10 Å². The molecular weight excluding hydrogens is 244 g/mol. The van der Waals surface area contributed by atoms with Gasteiger partial charge in [-0.25, -0.2) is 15.0 Å². The second-order valence-corrected chi connectivity index (χ2v) is 4.64. The highest BCUT2D eigenvalue weighted by molar-refractivity contribution is 5.31. The van der Waals surface area contributed by atoms with Gasteiger partial charge in [0.15, 0.2) is 5.82 Å². The minimum Gasteiger partial charge on any atom is -0.366 e. The predicted molar refractivity (Wildman–Crippen MR) is 68.8 cm³/mol. The molecule has 1 fully saturated rings. The van der Waals surface area contributed by atoms with Crippen LogP contribution < -0.4 is 4.90 Å². The van der Waals surface area contributed by atoms with Crippen molar-refractivity contribution in [1.82, 2.24) is 25.1 Å². The molecule has 3 heterocycles. The second-order valence-electron chi connectivity index (χ2n) is 4.64. The van der Waals surface area contributed by atoms with E-state index in [1.54, 1.807) is 0 Å². The molecular formula is C12H16N6O. The van der Waals surface area contributed by atoms with E-state index in [1.165, 1.54) is 0 Å². The van der Waals surface area contributed by atoms with Crippen LogP contribution in [0.15, 0.2) is 12.4 Å². The van der Waals surface area contributed by atoms with Crippen LogP contribution in [-0.2, 0) is 4.74 Å². The first-order valence-electron chi connectivity index (χ1n) is 6.26. The van der Waals surface area contributed by atoms with Crippen LogP contribution in [0, 0.1) is 13.8 Å². The predicted octanol–water partition coefficient (Wildman–Crippen LogP) is 0.789. The monoisotopic (exact) mass is 260 g/mol. The van der Waals surface area contributed by atoms with Crippen LogP contribution in [0.2, 0.25) is 0 Å². The molecule has 0 radical (unpaired) electrons. The molecule has 1 aliphatic rings. The number of aromatic nitrogens is 5. The molecule has 0 bridgehead atoms. The van der Waals surface area contributed by atoms with Gasteiger partial charge in [-0.05, 0) is 19.4 Å². The minimum absolute atomic E-state index is 0.136. The summed E-state index contributed by atoms with van der Waals surface area (Å²) in [7, 11) is 0. The maximum atomic E-state index is 5.71. The molecule has 0 aliphatic carbocycles. The standard InChI is InChI=1S/C12H16N6O/c1-8-5-13-12(14-6-8)18-3-4-19-10(7-18)11-15-9(2)16-17-11/h5-6,10H,3-4,7H2,1-2H3,(H,15,16,17). The molecule has 0 spiro atoms. The van der Waals surface area contributed by atoms with Crippen molar-refractivity contribution < 1.29 is 4.74 Å². The van der Waals surface area contributed by atoms with E-state index in [1.807, 2.05) is 26.2 Å². The second kappa shape index (κ2) is 4.93. The lowest BCUT2D eigenvalue weighted by Gasteiger charge is -2.31. The van der Waals surface area contributed by atoms with Crippen molar-refractivity contribution in [2.24, 2.45) is 0 Å². The first-order valence-corrected chi connectivity index (χ1v) is 6.26. The van der Waals surface area contributed by atoms with Crippen LogP contribution >= 0.6 is 0 Å². The Balaban J connectivity index is 1.76. The highest BCUT2D eigenvalue weighted by Crippen LogP contribution is 2.21. The van der Waals surface area contributed by atoms with Gasteiger partial charge in [0.2, 0.25) is 5.95 Å². The third-order valence-corrected chi connectivity index (χ3v) is 3.02. The molecule has 0 amide bonds. The van der Waals surface area contributed by atoms with Gasteiger partial charge in [0.05, 0.1) is 13.2 Å². The summed E-state index contributed by atoms with van der Waals surface area (Å²) in [5.41, 5.74) is 1.05. The van der Waals surface area contributed by atoms with E-state index in [4.69, 9.17) is 4.74 Å². The van der Waals surface area contributed by atoms with E-state index in [-0.39, 0.29) is 6.10 Å². The van der Waals surface area contributed by atoms with Crippen LogP contribution in [-0.4, -0.2) is 44.8 Å². The normalized spacial score (nSPS) is 19.7. The fourth-order valence-electron chi connectivity index (χ4n) is 2.04. The van der Waals surface area contributed by atoms with Crippen LogP contribution in [0.1, 0.15) is 23.3 Å². The number of anilines is 1. The van der Waals surface area contributed by atoms with E-state index >= 15 is 0 Å². The van der Waals surface area contributed by atoms with E-state index < -0.39 is 0 Å². The molecule has 1 atom stereocenters. The summed E-state index contributed by atoms with van der Waals surface area (Å²) in [5, 5.41) is 6.99. The highest BCUT2D eigenvalue weighted by Gasteiger charge is 2.26. The summed E-state index contributed by atoms with van der Waals surface area (Å²) in [5.74, 6) is 2.21. The minimum atomic E-state index is -0.136. The van der Waals surface area contributed by atoms with Gasteiger partial charge in [0.1, 0.15) is 11.9 Å². The zero-order valence-corrected chi connectivity index (χ0v) is 11.0. The van der Waals surface area contributed by atoms with E-state index in [0.29, 0.717) is 19.0 Å². The van der Waals surface area contributed by atoms with E-state index in [2.05, 4.69) is 30.0 Å². The number of rotatable bonds is 2. The number of hydrogen-bond acceptors (Lipinski definition) is 6. The molecule has 0 aromatic carbocycles. The molecule has 7 heteroatoms. The van der Waals surface area contributed by atoms with Crippen molar-refractivity contribution in [3.05, 3.63) is 29.6 Å². The van der Waals surface area contributed by atoms with Crippen molar-refractivity contribution in [2.45, 2.75) is 20.0 Å². The summed E-state index contributed by atoms with van der Waals surface area (Å²) < 4.78 is 5.71. The quantitative estimate of drug-likeness (QED) is 0.860. The lowest BCUT2D eigenvalue weighted by molar-refractivity contribution is 0.0337. The molecule has 1 saturated heterocycles. The van der Waals surface area contributed by atoms with Gasteiger partial charge in [0.25, 0.3) is 0 Å². The molecule has 1 unspecified atom stereocenters. The first kappa shape index (κ1) is 12.0. The Labute approximate surface area is 111 Å². The molecule has 19 heavy (non-hydrogen) atoms. The number of morpholine rings is 1. The number of H-pyrrole nitrogens is 1. The smallest absolute Gasteiger partial charge is 0.225 e. The van der Waals surface area contributed by atoms with Crippen LogP contribution in [0.25, 0.3) is 0 Å². The third-order valence-electron chi connectivity index (χ3n) is 3.02. The average molecular weight is 260 g/mol. The molecule has 1 N–H and O–H groups in total. The number of aromatic amines is 1. The van der Waals surface area contributed by atoms with Gasteiger partial charge in [0, 0.05) is 18.9 Å². The maximum Gasteiger partial charge on any atom is 0.225 e. The van der Waals surface area contributed by atoms with Gasteiger partial charge in [-0.1, -0.05) is 0 Å². The van der Waals surface area contributed by atoms with Crippen molar-refractivity contribution in [3.63, 3.8) is 0 Å². The Morgan fingerprint density at radius 2 is 2.11 bits per heavy atom. The average Bonchev–Trinajstić information content (AvgIpc) is 2.86. The van der Waals surface area contributed by atoms with Crippen molar-refractivity contribution in [2.75, 3.05) is 24.6 Å². The Morgan fingerprint density at radius 1 is 1.32 bits per heavy atom. The molecule has 2 aromatic heterocycles. The fourth-order valence-corrected chi connectivity index (χ4v) is 2.04. The Hall–Kier alpha value is -2.02. The first-order chi connectivity index (χ1) is 9.22. The van der Waals surface area contributed by atoms with Crippen molar-refractivity contribution >= 4 is 5.95 Å². The van der Waals surface area contributed by atoms with Crippen LogP contribution in [0.4, 0.5) is 5.95 Å². The summed E-state index contributed by atoms with van der Waals surface area (Å²) in [6.07, 6.45) is 3.51. The lowest BCUT2D eigenvalue weighted by Crippen LogP contribution is -2.39. The summed E-state index contributed by atoms with van der Waals surface area (Å²) in [6.45, 7) is 5.92. The topological polar surface area (TPSA) is 79.8 Å². The summed E-state index contributed by atoms with van der Waals surface area (Å²) in [6, 6.07) is 0. The molecule has 0 saturated carbocycles. The SMILES string of the molecule is Cc1cnc(N2CCOC(c3n[nH]c(C)n3)C2)nc1. The largest absolute Gasteiger partial charge is 0.366 e. The number of ether oxygens (including phenoxy) is 1. The van der Waals surface area contributed by atoms with Crippen molar-refractivity contribution in [3.8, 4) is 0 Å². The highest BCUT2D eigenvalue weighted by atomic mass is 16.5. The third kappa shape index (κ3) is 2.55. The van der Waals surface area contributed by atoms with Gasteiger partial charge in [-0.15, -0.1) is 0 Å². The zero-order chi connectivity index (χ0) is 13.2. The zero-order valence-electron chi connectivity index (χ0n) is 11.0. The fraction of sp³-hybridized carbons (Fsp3) is 0.500.